The number of hydrogen-bond acceptors (Lipinski definition) is 10. The Labute approximate surface area is 203 Å². The lowest BCUT2D eigenvalue weighted by atomic mass is 9.87. The molecule has 35 heavy (non-hydrogen) atoms. The first-order valence-corrected chi connectivity index (χ1v) is 11.0. The van der Waals surface area contributed by atoms with Gasteiger partial charge in [-0.2, -0.15) is 0 Å². The molecule has 1 saturated carbocycles. The van der Waals surface area contributed by atoms with E-state index < -0.39 is 84.2 Å². The number of hydrogen-bond donors (Lipinski definition) is 3. The van der Waals surface area contributed by atoms with Crippen LogP contribution < -0.4 is 10.6 Å². The number of aliphatic carboxylic acids is 1. The van der Waals surface area contributed by atoms with Gasteiger partial charge in [-0.15, -0.1) is 0 Å². The van der Waals surface area contributed by atoms with Crippen LogP contribution in [0, 0.1) is 11.8 Å². The number of rotatable bonds is 9. The molecule has 0 aromatic rings. The zero-order chi connectivity index (χ0) is 27.1. The summed E-state index contributed by atoms with van der Waals surface area (Å²) in [5.41, 5.74) is -0.869. The zero-order valence-electron chi connectivity index (χ0n) is 20.9. The van der Waals surface area contributed by atoms with E-state index in [1.807, 2.05) is 0 Å². The standard InChI is InChI=1S/C22H34N2O11/c1-10(25)23-18(16(33-12(3)27)9-32-11(2)26)17-15(24-21(31)35-22(5,6)7)8-14(20(29)30)19(17)34-13(4)28/h14-19H,8-9H2,1-7H3,(H,23,25)(H,24,31)(H,29,30)/t14-,15+,16+,17+,18+,19+/m0/s1. The van der Waals surface area contributed by atoms with Gasteiger partial charge in [0.15, 0.2) is 6.10 Å². The average Bonchev–Trinajstić information content (AvgIpc) is 2.98. The van der Waals surface area contributed by atoms with Crippen molar-refractivity contribution < 1.29 is 52.8 Å². The van der Waals surface area contributed by atoms with Crippen molar-refractivity contribution in [3.63, 3.8) is 0 Å². The van der Waals surface area contributed by atoms with Gasteiger partial charge in [0, 0.05) is 39.7 Å². The molecule has 1 rings (SSSR count). The van der Waals surface area contributed by atoms with E-state index in [2.05, 4.69) is 10.6 Å². The van der Waals surface area contributed by atoms with E-state index in [0.717, 1.165) is 20.8 Å². The Morgan fingerprint density at radius 1 is 0.971 bits per heavy atom. The van der Waals surface area contributed by atoms with E-state index >= 15 is 0 Å². The van der Waals surface area contributed by atoms with Gasteiger partial charge in [0.05, 0.1) is 12.0 Å². The second-order valence-corrected chi connectivity index (χ2v) is 9.26. The summed E-state index contributed by atoms with van der Waals surface area (Å²) in [5, 5.41) is 15.0. The number of carbonyl (C=O) groups excluding carboxylic acids is 5. The van der Waals surface area contributed by atoms with Crippen molar-refractivity contribution >= 4 is 35.9 Å². The summed E-state index contributed by atoms with van der Waals surface area (Å²) in [6.45, 7) is 8.90. The molecule has 13 heteroatoms. The molecule has 0 heterocycles. The van der Waals surface area contributed by atoms with Gasteiger partial charge in [-0.25, -0.2) is 4.79 Å². The first kappa shape index (κ1) is 29.7. The smallest absolute Gasteiger partial charge is 0.407 e. The molecule has 0 unspecified atom stereocenters. The van der Waals surface area contributed by atoms with E-state index in [4.69, 9.17) is 18.9 Å². The number of alkyl carbamates (subject to hydrolysis) is 1. The number of ether oxygens (including phenoxy) is 4. The molecule has 1 fully saturated rings. The fourth-order valence-electron chi connectivity index (χ4n) is 4.02. The molecule has 0 aromatic carbocycles. The first-order chi connectivity index (χ1) is 16.0. The van der Waals surface area contributed by atoms with Crippen LogP contribution in [-0.4, -0.2) is 77.5 Å². The number of esters is 3. The van der Waals surface area contributed by atoms with Crippen molar-refractivity contribution in [1.82, 2.24) is 10.6 Å². The minimum Gasteiger partial charge on any atom is -0.481 e. The molecule has 198 valence electrons. The van der Waals surface area contributed by atoms with Crippen LogP contribution in [0.5, 0.6) is 0 Å². The Kier molecular flexibility index (Phi) is 10.5. The van der Waals surface area contributed by atoms with Crippen molar-refractivity contribution in [2.24, 2.45) is 11.8 Å². The van der Waals surface area contributed by atoms with Gasteiger partial charge in [0.25, 0.3) is 0 Å². The third-order valence-corrected chi connectivity index (χ3v) is 5.02. The highest BCUT2D eigenvalue weighted by Gasteiger charge is 2.55. The van der Waals surface area contributed by atoms with Gasteiger partial charge in [0.1, 0.15) is 18.3 Å². The van der Waals surface area contributed by atoms with Gasteiger partial charge in [-0.05, 0) is 27.2 Å². The van der Waals surface area contributed by atoms with Gasteiger partial charge >= 0.3 is 30.0 Å². The number of carbonyl (C=O) groups is 6. The first-order valence-electron chi connectivity index (χ1n) is 11.0. The van der Waals surface area contributed by atoms with E-state index in [-0.39, 0.29) is 6.42 Å². The highest BCUT2D eigenvalue weighted by molar-refractivity contribution is 5.75. The van der Waals surface area contributed by atoms with Crippen molar-refractivity contribution in [3.8, 4) is 0 Å². The summed E-state index contributed by atoms with van der Waals surface area (Å²) in [6, 6.07) is -2.22. The summed E-state index contributed by atoms with van der Waals surface area (Å²) < 4.78 is 20.9. The van der Waals surface area contributed by atoms with Crippen LogP contribution in [-0.2, 0) is 42.9 Å². The molecule has 0 bridgehead atoms. The Morgan fingerprint density at radius 3 is 2.00 bits per heavy atom. The van der Waals surface area contributed by atoms with Crippen molar-refractivity contribution in [2.75, 3.05) is 6.61 Å². The van der Waals surface area contributed by atoms with Crippen LogP contribution in [0.15, 0.2) is 0 Å². The Hall–Kier alpha value is -3.38. The third-order valence-electron chi connectivity index (χ3n) is 5.02. The molecule has 0 aliphatic heterocycles. The van der Waals surface area contributed by atoms with E-state index in [9.17, 15) is 33.9 Å². The lowest BCUT2D eigenvalue weighted by molar-refractivity contribution is -0.165. The van der Waals surface area contributed by atoms with Crippen LogP contribution in [0.2, 0.25) is 0 Å². The Morgan fingerprint density at radius 2 is 1.57 bits per heavy atom. The molecule has 1 aliphatic rings. The second-order valence-electron chi connectivity index (χ2n) is 9.26. The highest BCUT2D eigenvalue weighted by atomic mass is 16.6. The van der Waals surface area contributed by atoms with Crippen LogP contribution in [0.25, 0.3) is 0 Å². The molecule has 6 atom stereocenters. The molecular formula is C22H34N2O11. The molecule has 3 N–H and O–H groups in total. The van der Waals surface area contributed by atoms with Crippen molar-refractivity contribution in [1.29, 1.82) is 0 Å². The molecule has 2 amide bonds. The fourth-order valence-corrected chi connectivity index (χ4v) is 4.02. The maximum atomic E-state index is 12.5. The van der Waals surface area contributed by atoms with E-state index in [1.165, 1.54) is 6.92 Å². The highest BCUT2D eigenvalue weighted by Crippen LogP contribution is 2.38. The Balaban J connectivity index is 3.56. The number of amides is 2. The minimum absolute atomic E-state index is 0.187. The quantitative estimate of drug-likeness (QED) is 0.295. The molecule has 0 aromatic heterocycles. The summed E-state index contributed by atoms with van der Waals surface area (Å²) in [7, 11) is 0. The normalized spacial score (nSPS) is 23.3. The lowest BCUT2D eigenvalue weighted by Crippen LogP contribution is -2.58. The minimum atomic E-state index is -1.34. The monoisotopic (exact) mass is 502 g/mol. The lowest BCUT2D eigenvalue weighted by Gasteiger charge is -2.37. The molecular weight excluding hydrogens is 468 g/mol. The summed E-state index contributed by atoms with van der Waals surface area (Å²) >= 11 is 0. The van der Waals surface area contributed by atoms with Crippen LogP contribution >= 0.6 is 0 Å². The SMILES string of the molecule is CC(=O)N[C@@H]([C@@H]1[C@H](OC(C)=O)[C@@H](C(=O)O)C[C@H]1NC(=O)OC(C)(C)C)[C@@H](COC(C)=O)OC(C)=O. The predicted molar refractivity (Wildman–Crippen MR) is 118 cm³/mol. The van der Waals surface area contributed by atoms with Crippen LogP contribution in [0.3, 0.4) is 0 Å². The molecule has 1 aliphatic carbocycles. The molecule has 0 spiro atoms. The Bertz CT molecular complexity index is 836. The van der Waals surface area contributed by atoms with E-state index in [1.54, 1.807) is 20.8 Å². The largest absolute Gasteiger partial charge is 0.481 e. The van der Waals surface area contributed by atoms with Gasteiger partial charge in [-0.1, -0.05) is 0 Å². The average molecular weight is 503 g/mol. The van der Waals surface area contributed by atoms with Crippen molar-refractivity contribution in [2.45, 2.75) is 84.8 Å². The number of carboxylic acid groups (broad SMARTS) is 1. The van der Waals surface area contributed by atoms with Gasteiger partial charge in [0.2, 0.25) is 5.91 Å². The van der Waals surface area contributed by atoms with Gasteiger partial charge < -0.3 is 34.7 Å². The second kappa shape index (κ2) is 12.4. The molecule has 0 radical (unpaired) electrons. The topological polar surface area (TPSA) is 184 Å². The predicted octanol–water partition coefficient (Wildman–Crippen LogP) is 0.532. The van der Waals surface area contributed by atoms with Gasteiger partial charge in [-0.3, -0.25) is 24.0 Å². The summed E-state index contributed by atoms with van der Waals surface area (Å²) in [5.74, 6) is -6.53. The number of nitrogens with one attached hydrogen (secondary N) is 2. The van der Waals surface area contributed by atoms with Crippen molar-refractivity contribution in [3.05, 3.63) is 0 Å². The molecule has 0 saturated heterocycles. The number of carboxylic acids is 1. The molecule has 13 nitrogen and oxygen atoms in total. The van der Waals surface area contributed by atoms with Crippen LogP contribution in [0.1, 0.15) is 54.9 Å². The summed E-state index contributed by atoms with van der Waals surface area (Å²) in [6.07, 6.45) is -3.69. The summed E-state index contributed by atoms with van der Waals surface area (Å²) in [4.78, 5) is 71.8. The maximum absolute atomic E-state index is 12.5. The van der Waals surface area contributed by atoms with E-state index in [0.29, 0.717) is 0 Å². The third kappa shape index (κ3) is 9.79. The zero-order valence-corrected chi connectivity index (χ0v) is 20.9. The maximum Gasteiger partial charge on any atom is 0.407 e. The van der Waals surface area contributed by atoms with Crippen LogP contribution in [0.4, 0.5) is 4.79 Å². The fraction of sp³-hybridized carbons (Fsp3) is 0.727.